The van der Waals surface area contributed by atoms with Crippen LogP contribution in [0.25, 0.3) is 0 Å². The predicted octanol–water partition coefficient (Wildman–Crippen LogP) is 6.40. The Kier molecular flexibility index (Phi) is 13.0. The van der Waals surface area contributed by atoms with Gasteiger partial charge in [-0.2, -0.15) is 0 Å². The lowest BCUT2D eigenvalue weighted by atomic mass is 10.7. The fourth-order valence-corrected chi connectivity index (χ4v) is 1.13. The summed E-state index contributed by atoms with van der Waals surface area (Å²) >= 11 is 0. The molecule has 0 fully saturated rings. The quantitative estimate of drug-likeness (QED) is 0.326. The summed E-state index contributed by atoms with van der Waals surface area (Å²) in [6.45, 7) is 0. The van der Waals surface area contributed by atoms with E-state index in [0.29, 0.717) is 0 Å². The van der Waals surface area contributed by atoms with Gasteiger partial charge in [-0.15, -0.1) is 0 Å². The Labute approximate surface area is 146 Å². The molecule has 5 aromatic rings. The molecule has 5 aromatic heterocycles. The van der Waals surface area contributed by atoms with Crippen molar-refractivity contribution in [2.24, 2.45) is 0 Å². The topological polar surface area (TPSA) is 65.7 Å². The van der Waals surface area contributed by atoms with Crippen LogP contribution in [-0.4, -0.2) is 0 Å². The van der Waals surface area contributed by atoms with Crippen molar-refractivity contribution in [1.29, 1.82) is 0 Å². The highest BCUT2D eigenvalue weighted by molar-refractivity contribution is 4.81. The van der Waals surface area contributed by atoms with E-state index in [4.69, 9.17) is 0 Å². The number of furan rings is 5. The first-order valence-electron chi connectivity index (χ1n) is 7.36. The molecule has 0 aliphatic rings. The van der Waals surface area contributed by atoms with Gasteiger partial charge in [-0.25, -0.2) is 0 Å². The van der Waals surface area contributed by atoms with Crippen molar-refractivity contribution in [3.05, 3.63) is 123 Å². The first kappa shape index (κ1) is 19.4. The monoisotopic (exact) mass is 340 g/mol. The highest BCUT2D eigenvalue weighted by Gasteiger charge is 1.60. The molecule has 0 radical (unpaired) electrons. The van der Waals surface area contributed by atoms with Crippen molar-refractivity contribution in [2.75, 3.05) is 0 Å². The van der Waals surface area contributed by atoms with Crippen LogP contribution in [0.1, 0.15) is 0 Å². The zero-order valence-corrected chi connectivity index (χ0v) is 13.6. The summed E-state index contributed by atoms with van der Waals surface area (Å²) in [7, 11) is 0. The van der Waals surface area contributed by atoms with E-state index in [1.165, 1.54) is 0 Å². The van der Waals surface area contributed by atoms with Gasteiger partial charge < -0.3 is 22.1 Å². The second-order valence-electron chi connectivity index (χ2n) is 3.97. The Bertz CT molecular complexity index is 453. The van der Waals surface area contributed by atoms with Crippen LogP contribution >= 0.6 is 0 Å². The molecular weight excluding hydrogens is 320 g/mol. The number of rotatable bonds is 0. The Morgan fingerprint density at radius 3 is 0.360 bits per heavy atom. The Morgan fingerprint density at radius 2 is 0.320 bits per heavy atom. The third-order valence-electron chi connectivity index (χ3n) is 2.13. The molecule has 5 rings (SSSR count). The van der Waals surface area contributed by atoms with E-state index in [0.717, 1.165) is 0 Å². The van der Waals surface area contributed by atoms with Crippen molar-refractivity contribution < 1.29 is 22.1 Å². The molecule has 0 bridgehead atoms. The standard InChI is InChI=1S/5C4H4O/c5*1-2-4-5-3-1/h5*1-4H. The molecule has 5 heterocycles. The summed E-state index contributed by atoms with van der Waals surface area (Å²) in [5.74, 6) is 0. The van der Waals surface area contributed by atoms with Gasteiger partial charge in [0.1, 0.15) is 0 Å². The Balaban J connectivity index is 0.000000156. The van der Waals surface area contributed by atoms with Gasteiger partial charge >= 0.3 is 0 Å². The van der Waals surface area contributed by atoms with Crippen LogP contribution in [0.2, 0.25) is 0 Å². The minimum absolute atomic E-state index is 1.62. The van der Waals surface area contributed by atoms with E-state index in [9.17, 15) is 0 Å². The lowest BCUT2D eigenvalue weighted by Gasteiger charge is -1.50. The molecule has 0 spiro atoms. The summed E-state index contributed by atoms with van der Waals surface area (Å²) in [6, 6.07) is 18.3. The molecule has 5 nitrogen and oxygen atoms in total. The normalized spacial score (nSPS) is 8.00. The fraction of sp³-hybridized carbons (Fsp3) is 0. The van der Waals surface area contributed by atoms with Gasteiger partial charge in [0.15, 0.2) is 0 Å². The summed E-state index contributed by atoms with van der Waals surface area (Å²) < 4.78 is 22.9. The molecule has 0 amide bonds. The average molecular weight is 340 g/mol. The third-order valence-corrected chi connectivity index (χ3v) is 2.13. The van der Waals surface area contributed by atoms with Crippen molar-refractivity contribution in [2.45, 2.75) is 0 Å². The molecule has 0 saturated carbocycles. The summed E-state index contributed by atoms with van der Waals surface area (Å²) in [5, 5.41) is 0. The molecule has 0 aromatic carbocycles. The zero-order chi connectivity index (χ0) is 17.7. The lowest BCUT2D eigenvalue weighted by molar-refractivity contribution is 0.567. The van der Waals surface area contributed by atoms with Crippen LogP contribution in [0.15, 0.2) is 145 Å². The highest BCUT2D eigenvalue weighted by atomic mass is 16.3. The van der Waals surface area contributed by atoms with Crippen LogP contribution in [0, 0.1) is 0 Å². The summed E-state index contributed by atoms with van der Waals surface area (Å²) in [5.41, 5.74) is 0. The first-order chi connectivity index (χ1) is 12.5. The van der Waals surface area contributed by atoms with Crippen LogP contribution in [-0.2, 0) is 0 Å². The molecule has 0 N–H and O–H groups in total. The molecule has 0 aliphatic heterocycles. The van der Waals surface area contributed by atoms with Gasteiger partial charge in [-0.1, -0.05) is 0 Å². The van der Waals surface area contributed by atoms with E-state index >= 15 is 0 Å². The van der Waals surface area contributed by atoms with Gasteiger partial charge in [0, 0.05) is 0 Å². The van der Waals surface area contributed by atoms with E-state index in [2.05, 4.69) is 22.1 Å². The van der Waals surface area contributed by atoms with E-state index < -0.39 is 0 Å². The molecule has 0 saturated heterocycles. The SMILES string of the molecule is c1ccoc1.c1ccoc1.c1ccoc1.c1ccoc1.c1ccoc1. The maximum atomic E-state index is 4.58. The van der Waals surface area contributed by atoms with E-state index in [-0.39, 0.29) is 0 Å². The van der Waals surface area contributed by atoms with Gasteiger partial charge in [-0.05, 0) is 60.7 Å². The molecule has 5 heteroatoms. The van der Waals surface area contributed by atoms with Crippen LogP contribution in [0.5, 0.6) is 0 Å². The van der Waals surface area contributed by atoms with Crippen LogP contribution < -0.4 is 0 Å². The molecular formula is C20H20O5. The minimum atomic E-state index is 1.62. The highest BCUT2D eigenvalue weighted by Crippen LogP contribution is 1.81. The largest absolute Gasteiger partial charge is 0.473 e. The van der Waals surface area contributed by atoms with Gasteiger partial charge in [0.2, 0.25) is 0 Å². The molecule has 130 valence electrons. The average Bonchev–Trinajstić information content (AvgIpc) is 3.55. The van der Waals surface area contributed by atoms with E-state index in [1.54, 1.807) is 62.6 Å². The van der Waals surface area contributed by atoms with Crippen molar-refractivity contribution in [3.63, 3.8) is 0 Å². The van der Waals surface area contributed by atoms with Crippen molar-refractivity contribution >= 4 is 0 Å². The van der Waals surface area contributed by atoms with Crippen LogP contribution in [0.3, 0.4) is 0 Å². The third kappa shape index (κ3) is 15.1. The van der Waals surface area contributed by atoms with Crippen molar-refractivity contribution in [3.8, 4) is 0 Å². The van der Waals surface area contributed by atoms with Gasteiger partial charge in [-0.3, -0.25) is 0 Å². The molecule has 25 heavy (non-hydrogen) atoms. The van der Waals surface area contributed by atoms with Crippen molar-refractivity contribution in [1.82, 2.24) is 0 Å². The Morgan fingerprint density at radius 1 is 0.200 bits per heavy atom. The number of hydrogen-bond donors (Lipinski definition) is 0. The molecule has 0 aliphatic carbocycles. The number of hydrogen-bond acceptors (Lipinski definition) is 5. The van der Waals surface area contributed by atoms with Gasteiger partial charge in [0.25, 0.3) is 0 Å². The smallest absolute Gasteiger partial charge is 0.0902 e. The molecule has 0 atom stereocenters. The molecule has 0 unspecified atom stereocenters. The predicted molar refractivity (Wildman–Crippen MR) is 93.5 cm³/mol. The summed E-state index contributed by atoms with van der Waals surface area (Å²) in [4.78, 5) is 0. The van der Waals surface area contributed by atoms with Crippen LogP contribution in [0.4, 0.5) is 0 Å². The second kappa shape index (κ2) is 16.8. The zero-order valence-electron chi connectivity index (χ0n) is 13.6. The van der Waals surface area contributed by atoms with E-state index in [1.807, 2.05) is 60.7 Å². The summed E-state index contributed by atoms with van der Waals surface area (Å²) in [6.07, 6.45) is 16.2. The maximum absolute atomic E-state index is 4.58. The Hall–Kier alpha value is -3.60. The van der Waals surface area contributed by atoms with Gasteiger partial charge in [0.05, 0.1) is 62.6 Å². The first-order valence-corrected chi connectivity index (χ1v) is 7.36. The maximum Gasteiger partial charge on any atom is 0.0902 e. The fourth-order valence-electron chi connectivity index (χ4n) is 1.13. The lowest BCUT2D eigenvalue weighted by Crippen LogP contribution is -1.16. The second-order valence-corrected chi connectivity index (χ2v) is 3.97. The minimum Gasteiger partial charge on any atom is -0.473 e.